The van der Waals surface area contributed by atoms with Crippen molar-refractivity contribution in [3.63, 3.8) is 0 Å². The lowest BCUT2D eigenvalue weighted by molar-refractivity contribution is 0.404. The van der Waals surface area contributed by atoms with Gasteiger partial charge in [-0.3, -0.25) is 0 Å². The quantitative estimate of drug-likeness (QED) is 0.780. The number of aromatic hydroxyl groups is 1. The maximum atomic E-state index is 9.65. The van der Waals surface area contributed by atoms with E-state index in [4.69, 9.17) is 5.73 Å². The number of phenolic OH excluding ortho intramolecular Hbond substituents is 1. The fraction of sp³-hybridized carbons (Fsp3) is 0.400. The Balaban J connectivity index is 1.99. The van der Waals surface area contributed by atoms with Crippen LogP contribution >= 0.6 is 0 Å². The summed E-state index contributed by atoms with van der Waals surface area (Å²) in [6, 6.07) is 7.21. The predicted octanol–water partition coefficient (Wildman–Crippen LogP) is 2.22. The first-order chi connectivity index (χ1) is 9.79. The Morgan fingerprint density at radius 2 is 2.25 bits per heavy atom. The normalized spacial score (nSPS) is 15.1. The summed E-state index contributed by atoms with van der Waals surface area (Å²) >= 11 is 0. The molecule has 0 atom stereocenters. The third-order valence-electron chi connectivity index (χ3n) is 3.83. The van der Waals surface area contributed by atoms with E-state index < -0.39 is 0 Å². The molecular formula is C15H20N4O. The largest absolute Gasteiger partial charge is 0.508 e. The average molecular weight is 272 g/mol. The zero-order valence-electron chi connectivity index (χ0n) is 11.4. The molecule has 1 aromatic carbocycles. The summed E-state index contributed by atoms with van der Waals surface area (Å²) in [6.45, 7) is 1.34. The van der Waals surface area contributed by atoms with Crippen molar-refractivity contribution in [3.05, 3.63) is 36.2 Å². The van der Waals surface area contributed by atoms with Crippen LogP contribution in [0, 0.1) is 0 Å². The van der Waals surface area contributed by atoms with Crippen molar-refractivity contribution >= 4 is 5.69 Å². The third kappa shape index (κ3) is 2.36. The van der Waals surface area contributed by atoms with E-state index in [9.17, 15) is 5.11 Å². The molecule has 0 saturated heterocycles. The molecule has 0 spiro atoms. The molecule has 1 aliphatic carbocycles. The second-order valence-electron chi connectivity index (χ2n) is 5.22. The van der Waals surface area contributed by atoms with Gasteiger partial charge in [0, 0.05) is 25.1 Å². The molecule has 5 nitrogen and oxygen atoms in total. The van der Waals surface area contributed by atoms with Crippen LogP contribution in [0.4, 0.5) is 5.69 Å². The van der Waals surface area contributed by atoms with Crippen molar-refractivity contribution in [2.24, 2.45) is 5.73 Å². The molecule has 20 heavy (non-hydrogen) atoms. The number of rotatable bonds is 5. The van der Waals surface area contributed by atoms with Crippen LogP contribution in [0.15, 0.2) is 30.5 Å². The van der Waals surface area contributed by atoms with Gasteiger partial charge in [0.1, 0.15) is 5.75 Å². The first-order valence-corrected chi connectivity index (χ1v) is 7.11. The molecule has 106 valence electrons. The minimum Gasteiger partial charge on any atom is -0.508 e. The number of benzene rings is 1. The van der Waals surface area contributed by atoms with E-state index in [-0.39, 0.29) is 5.75 Å². The van der Waals surface area contributed by atoms with Gasteiger partial charge < -0.3 is 16.2 Å². The van der Waals surface area contributed by atoms with Crippen LogP contribution in [-0.4, -0.2) is 28.0 Å². The van der Waals surface area contributed by atoms with Crippen molar-refractivity contribution in [3.8, 4) is 11.4 Å². The van der Waals surface area contributed by atoms with Crippen molar-refractivity contribution in [2.45, 2.75) is 25.2 Å². The van der Waals surface area contributed by atoms with E-state index >= 15 is 0 Å². The van der Waals surface area contributed by atoms with Gasteiger partial charge in [-0.1, -0.05) is 12.5 Å². The third-order valence-corrected chi connectivity index (χ3v) is 3.83. The maximum absolute atomic E-state index is 9.65. The molecule has 2 aromatic rings. The highest BCUT2D eigenvalue weighted by molar-refractivity contribution is 5.53. The molecule has 0 radical (unpaired) electrons. The number of phenols is 1. The number of anilines is 1. The van der Waals surface area contributed by atoms with Crippen molar-refractivity contribution < 1.29 is 5.11 Å². The lowest BCUT2D eigenvalue weighted by atomic mass is 9.82. The van der Waals surface area contributed by atoms with Crippen LogP contribution in [0.1, 0.15) is 30.9 Å². The van der Waals surface area contributed by atoms with Gasteiger partial charge in [-0.15, -0.1) is 0 Å². The van der Waals surface area contributed by atoms with Crippen LogP contribution in [0.2, 0.25) is 0 Å². The topological polar surface area (TPSA) is 76.1 Å². The summed E-state index contributed by atoms with van der Waals surface area (Å²) in [5, 5.41) is 17.5. The SMILES string of the molecule is NCCNc1cnn(-c2cccc(O)c2)c1C1CCC1. The fourth-order valence-corrected chi connectivity index (χ4v) is 2.61. The second kappa shape index (κ2) is 5.54. The average Bonchev–Trinajstić information content (AvgIpc) is 2.78. The van der Waals surface area contributed by atoms with E-state index in [0.29, 0.717) is 12.5 Å². The second-order valence-corrected chi connectivity index (χ2v) is 5.22. The van der Waals surface area contributed by atoms with Gasteiger partial charge in [0.25, 0.3) is 0 Å². The highest BCUT2D eigenvalue weighted by atomic mass is 16.3. The molecule has 0 amide bonds. The van der Waals surface area contributed by atoms with E-state index in [0.717, 1.165) is 17.9 Å². The Morgan fingerprint density at radius 1 is 1.40 bits per heavy atom. The van der Waals surface area contributed by atoms with E-state index in [1.807, 2.05) is 23.0 Å². The van der Waals surface area contributed by atoms with E-state index in [1.165, 1.54) is 25.0 Å². The first kappa shape index (κ1) is 13.0. The Labute approximate surface area is 118 Å². The highest BCUT2D eigenvalue weighted by Crippen LogP contribution is 2.40. The van der Waals surface area contributed by atoms with Gasteiger partial charge in [0.15, 0.2) is 0 Å². The summed E-state index contributed by atoms with van der Waals surface area (Å²) in [6.07, 6.45) is 5.52. The van der Waals surface area contributed by atoms with Gasteiger partial charge in [-0.25, -0.2) is 4.68 Å². The van der Waals surface area contributed by atoms with Crippen molar-refractivity contribution in [2.75, 3.05) is 18.4 Å². The van der Waals surface area contributed by atoms with Crippen LogP contribution in [-0.2, 0) is 0 Å². The number of nitrogens with zero attached hydrogens (tertiary/aromatic N) is 2. The van der Waals surface area contributed by atoms with Gasteiger partial charge in [-0.2, -0.15) is 5.10 Å². The number of hydrogen-bond donors (Lipinski definition) is 3. The highest BCUT2D eigenvalue weighted by Gasteiger charge is 2.27. The smallest absolute Gasteiger partial charge is 0.117 e. The molecule has 1 saturated carbocycles. The maximum Gasteiger partial charge on any atom is 0.117 e. The molecule has 5 heteroatoms. The predicted molar refractivity (Wildman–Crippen MR) is 79.4 cm³/mol. The lowest BCUT2D eigenvalue weighted by Crippen LogP contribution is -2.18. The Morgan fingerprint density at radius 3 is 2.90 bits per heavy atom. The van der Waals surface area contributed by atoms with Crippen LogP contribution in [0.5, 0.6) is 5.75 Å². The zero-order valence-corrected chi connectivity index (χ0v) is 11.4. The number of nitrogens with one attached hydrogen (secondary N) is 1. The zero-order chi connectivity index (χ0) is 13.9. The lowest BCUT2D eigenvalue weighted by Gasteiger charge is -2.27. The van der Waals surface area contributed by atoms with Crippen molar-refractivity contribution in [1.29, 1.82) is 0 Å². The number of hydrogen-bond acceptors (Lipinski definition) is 4. The van der Waals surface area contributed by atoms with Crippen LogP contribution < -0.4 is 11.1 Å². The van der Waals surface area contributed by atoms with Gasteiger partial charge in [0.2, 0.25) is 0 Å². The Kier molecular flexibility index (Phi) is 3.60. The van der Waals surface area contributed by atoms with E-state index in [1.54, 1.807) is 12.1 Å². The number of aromatic nitrogens is 2. The van der Waals surface area contributed by atoms with Gasteiger partial charge >= 0.3 is 0 Å². The molecule has 0 aliphatic heterocycles. The van der Waals surface area contributed by atoms with Crippen LogP contribution in [0.3, 0.4) is 0 Å². The molecule has 1 fully saturated rings. The minimum atomic E-state index is 0.258. The van der Waals surface area contributed by atoms with Crippen LogP contribution in [0.25, 0.3) is 5.69 Å². The standard InChI is InChI=1S/C15H20N4O/c16-7-8-17-14-10-18-19(15(14)11-3-1-4-11)12-5-2-6-13(20)9-12/h2,5-6,9-11,17,20H,1,3-4,7-8,16H2. The molecule has 1 aromatic heterocycles. The molecule has 3 rings (SSSR count). The van der Waals surface area contributed by atoms with Gasteiger partial charge in [-0.05, 0) is 25.0 Å². The molecule has 0 bridgehead atoms. The fourth-order valence-electron chi connectivity index (χ4n) is 2.61. The first-order valence-electron chi connectivity index (χ1n) is 7.11. The molecule has 0 unspecified atom stereocenters. The minimum absolute atomic E-state index is 0.258. The Bertz CT molecular complexity index is 589. The summed E-state index contributed by atoms with van der Waals surface area (Å²) in [4.78, 5) is 0. The summed E-state index contributed by atoms with van der Waals surface area (Å²) in [5.74, 6) is 0.800. The summed E-state index contributed by atoms with van der Waals surface area (Å²) in [5.41, 5.74) is 8.72. The van der Waals surface area contributed by atoms with E-state index in [2.05, 4.69) is 10.4 Å². The van der Waals surface area contributed by atoms with Gasteiger partial charge in [0.05, 0.1) is 23.3 Å². The number of nitrogens with two attached hydrogens (primary N) is 1. The summed E-state index contributed by atoms with van der Waals surface area (Å²) in [7, 11) is 0. The Hall–Kier alpha value is -2.01. The molecule has 1 heterocycles. The molecule has 1 aliphatic rings. The monoisotopic (exact) mass is 272 g/mol. The molecular weight excluding hydrogens is 252 g/mol. The summed E-state index contributed by atoms with van der Waals surface area (Å²) < 4.78 is 1.93. The van der Waals surface area contributed by atoms with Crippen molar-refractivity contribution in [1.82, 2.24) is 9.78 Å². The molecule has 4 N–H and O–H groups in total.